The first kappa shape index (κ1) is 25.3. The molecule has 29 heavy (non-hydrogen) atoms. The van der Waals surface area contributed by atoms with E-state index in [1.165, 1.54) is 64.2 Å². The predicted octanol–water partition coefficient (Wildman–Crippen LogP) is 6.87. The van der Waals surface area contributed by atoms with Crippen molar-refractivity contribution in [2.45, 2.75) is 90.9 Å². The molecule has 0 bridgehead atoms. The van der Waals surface area contributed by atoms with Crippen molar-refractivity contribution in [3.05, 3.63) is 23.8 Å². The first-order chi connectivity index (χ1) is 14.2. The van der Waals surface area contributed by atoms with E-state index in [1.54, 1.807) is 14.2 Å². The molecule has 0 saturated heterocycles. The molecule has 0 saturated carbocycles. The fourth-order valence-electron chi connectivity index (χ4n) is 3.59. The van der Waals surface area contributed by atoms with Crippen LogP contribution in [-0.4, -0.2) is 38.1 Å². The zero-order valence-electron chi connectivity index (χ0n) is 19.3. The molecule has 166 valence electrons. The van der Waals surface area contributed by atoms with Crippen molar-refractivity contribution in [2.24, 2.45) is 0 Å². The summed E-state index contributed by atoms with van der Waals surface area (Å²) in [6.45, 7) is 6.14. The maximum atomic E-state index is 13.2. The second-order valence-electron chi connectivity index (χ2n) is 7.93. The lowest BCUT2D eigenvalue weighted by Gasteiger charge is -2.23. The molecular weight excluding hydrogens is 362 g/mol. The number of ether oxygens (including phenoxy) is 2. The molecule has 0 aliphatic carbocycles. The van der Waals surface area contributed by atoms with Crippen molar-refractivity contribution in [1.29, 1.82) is 0 Å². The van der Waals surface area contributed by atoms with Gasteiger partial charge in [0.1, 0.15) is 11.5 Å². The molecule has 1 amide bonds. The van der Waals surface area contributed by atoms with Crippen LogP contribution in [0.15, 0.2) is 18.2 Å². The number of carbonyl (C=O) groups excluding carboxylic acids is 1. The third-order valence-corrected chi connectivity index (χ3v) is 5.45. The molecule has 1 aromatic carbocycles. The molecule has 4 heteroatoms. The lowest BCUT2D eigenvalue weighted by Crippen LogP contribution is -2.33. The zero-order chi connectivity index (χ0) is 21.3. The molecule has 1 rings (SSSR count). The SMILES string of the molecule is CCCCCCCCN(CCCCCCCC)C(=O)c1cc(OC)cc(OC)c1. The molecule has 4 nitrogen and oxygen atoms in total. The Labute approximate surface area is 179 Å². The van der Waals surface area contributed by atoms with Crippen LogP contribution in [0.2, 0.25) is 0 Å². The molecule has 0 atom stereocenters. The molecule has 0 unspecified atom stereocenters. The standard InChI is InChI=1S/C25H43NO3/c1-5-7-9-11-13-15-17-26(18-16-14-12-10-8-6-2)25(27)22-19-23(28-3)21-24(20-22)29-4/h19-21H,5-18H2,1-4H3. The fraction of sp³-hybridized carbons (Fsp3) is 0.720. The average Bonchev–Trinajstić information content (AvgIpc) is 2.76. The van der Waals surface area contributed by atoms with Crippen LogP contribution in [0, 0.1) is 0 Å². The van der Waals surface area contributed by atoms with Crippen molar-refractivity contribution in [1.82, 2.24) is 4.90 Å². The van der Waals surface area contributed by atoms with Crippen LogP contribution >= 0.6 is 0 Å². The topological polar surface area (TPSA) is 38.8 Å². The van der Waals surface area contributed by atoms with E-state index >= 15 is 0 Å². The summed E-state index contributed by atoms with van der Waals surface area (Å²) in [4.78, 5) is 15.3. The zero-order valence-corrected chi connectivity index (χ0v) is 19.3. The van der Waals surface area contributed by atoms with Gasteiger partial charge in [-0.3, -0.25) is 4.79 Å². The molecule has 0 spiro atoms. The maximum Gasteiger partial charge on any atom is 0.254 e. The van der Waals surface area contributed by atoms with E-state index in [0.29, 0.717) is 17.1 Å². The number of unbranched alkanes of at least 4 members (excludes halogenated alkanes) is 10. The van der Waals surface area contributed by atoms with Gasteiger partial charge in [0.2, 0.25) is 0 Å². The highest BCUT2D eigenvalue weighted by molar-refractivity contribution is 5.95. The number of amides is 1. The molecule has 0 N–H and O–H groups in total. The number of carbonyl (C=O) groups is 1. The highest BCUT2D eigenvalue weighted by atomic mass is 16.5. The van der Waals surface area contributed by atoms with E-state index in [1.807, 2.05) is 23.1 Å². The second-order valence-corrected chi connectivity index (χ2v) is 7.93. The minimum Gasteiger partial charge on any atom is -0.497 e. The van der Waals surface area contributed by atoms with Crippen LogP contribution in [0.3, 0.4) is 0 Å². The van der Waals surface area contributed by atoms with Crippen LogP contribution in [0.4, 0.5) is 0 Å². The molecule has 0 aliphatic heterocycles. The normalized spacial score (nSPS) is 10.8. The van der Waals surface area contributed by atoms with Crippen molar-refractivity contribution in [3.63, 3.8) is 0 Å². The van der Waals surface area contributed by atoms with Gasteiger partial charge in [0, 0.05) is 24.7 Å². The first-order valence-electron chi connectivity index (χ1n) is 11.7. The van der Waals surface area contributed by atoms with E-state index in [4.69, 9.17) is 9.47 Å². The molecular formula is C25H43NO3. The van der Waals surface area contributed by atoms with Gasteiger partial charge in [0.25, 0.3) is 5.91 Å². The Balaban J connectivity index is 2.68. The predicted molar refractivity (Wildman–Crippen MR) is 122 cm³/mol. The number of nitrogens with zero attached hydrogens (tertiary/aromatic N) is 1. The maximum absolute atomic E-state index is 13.2. The van der Waals surface area contributed by atoms with Gasteiger partial charge in [-0.05, 0) is 25.0 Å². The summed E-state index contributed by atoms with van der Waals surface area (Å²) in [6.07, 6.45) is 14.8. The lowest BCUT2D eigenvalue weighted by atomic mass is 10.1. The third-order valence-electron chi connectivity index (χ3n) is 5.45. The molecule has 0 aliphatic rings. The Morgan fingerprint density at radius 2 is 1.10 bits per heavy atom. The van der Waals surface area contributed by atoms with Gasteiger partial charge in [-0.2, -0.15) is 0 Å². The van der Waals surface area contributed by atoms with Crippen LogP contribution in [-0.2, 0) is 0 Å². The summed E-state index contributed by atoms with van der Waals surface area (Å²) in [5, 5.41) is 0. The number of benzene rings is 1. The van der Waals surface area contributed by atoms with Gasteiger partial charge >= 0.3 is 0 Å². The van der Waals surface area contributed by atoms with Gasteiger partial charge in [-0.25, -0.2) is 0 Å². The van der Waals surface area contributed by atoms with Gasteiger partial charge in [-0.1, -0.05) is 78.1 Å². The summed E-state index contributed by atoms with van der Waals surface area (Å²) < 4.78 is 10.7. The number of methoxy groups -OCH3 is 2. The summed E-state index contributed by atoms with van der Waals surface area (Å²) >= 11 is 0. The average molecular weight is 406 g/mol. The van der Waals surface area contributed by atoms with E-state index in [9.17, 15) is 4.79 Å². The lowest BCUT2D eigenvalue weighted by molar-refractivity contribution is 0.0748. The summed E-state index contributed by atoms with van der Waals surface area (Å²) in [7, 11) is 3.24. The third kappa shape index (κ3) is 10.6. The largest absolute Gasteiger partial charge is 0.497 e. The van der Waals surface area contributed by atoms with E-state index < -0.39 is 0 Å². The van der Waals surface area contributed by atoms with Gasteiger partial charge in [0.05, 0.1) is 14.2 Å². The van der Waals surface area contributed by atoms with Crippen molar-refractivity contribution in [3.8, 4) is 11.5 Å². The monoisotopic (exact) mass is 405 g/mol. The quantitative estimate of drug-likeness (QED) is 0.266. The van der Waals surface area contributed by atoms with Crippen LogP contribution in [0.25, 0.3) is 0 Å². The Morgan fingerprint density at radius 3 is 1.52 bits per heavy atom. The van der Waals surface area contributed by atoms with Crippen molar-refractivity contribution < 1.29 is 14.3 Å². The fourth-order valence-corrected chi connectivity index (χ4v) is 3.59. The number of hydrogen-bond donors (Lipinski definition) is 0. The Kier molecular flexibility index (Phi) is 14.1. The first-order valence-corrected chi connectivity index (χ1v) is 11.7. The summed E-state index contributed by atoms with van der Waals surface area (Å²) in [6, 6.07) is 5.45. The molecule has 0 fully saturated rings. The molecule has 0 heterocycles. The Hall–Kier alpha value is -1.71. The number of rotatable bonds is 17. The van der Waals surface area contributed by atoms with Gasteiger partial charge < -0.3 is 14.4 Å². The minimum absolute atomic E-state index is 0.0873. The van der Waals surface area contributed by atoms with Crippen LogP contribution in [0.1, 0.15) is 101 Å². The van der Waals surface area contributed by atoms with Gasteiger partial charge in [0.15, 0.2) is 0 Å². The summed E-state index contributed by atoms with van der Waals surface area (Å²) in [5.41, 5.74) is 0.651. The Morgan fingerprint density at radius 1 is 0.690 bits per heavy atom. The minimum atomic E-state index is 0.0873. The van der Waals surface area contributed by atoms with E-state index in [2.05, 4.69) is 13.8 Å². The highest BCUT2D eigenvalue weighted by Gasteiger charge is 2.17. The highest BCUT2D eigenvalue weighted by Crippen LogP contribution is 2.24. The van der Waals surface area contributed by atoms with Crippen molar-refractivity contribution >= 4 is 5.91 Å². The van der Waals surface area contributed by atoms with Crippen LogP contribution < -0.4 is 9.47 Å². The van der Waals surface area contributed by atoms with Gasteiger partial charge in [-0.15, -0.1) is 0 Å². The van der Waals surface area contributed by atoms with E-state index in [0.717, 1.165) is 25.9 Å². The molecule has 1 aromatic rings. The molecule has 0 radical (unpaired) electrons. The number of hydrogen-bond acceptors (Lipinski definition) is 3. The smallest absolute Gasteiger partial charge is 0.254 e. The molecule has 0 aromatic heterocycles. The van der Waals surface area contributed by atoms with Crippen LogP contribution in [0.5, 0.6) is 11.5 Å². The van der Waals surface area contributed by atoms with E-state index in [-0.39, 0.29) is 5.91 Å². The summed E-state index contributed by atoms with van der Waals surface area (Å²) in [5.74, 6) is 1.41. The second kappa shape index (κ2) is 16.1. The Bertz CT molecular complexity index is 521. The van der Waals surface area contributed by atoms with Crippen molar-refractivity contribution in [2.75, 3.05) is 27.3 Å².